The second kappa shape index (κ2) is 7.39. The Labute approximate surface area is 144 Å². The minimum atomic E-state index is -1.02. The van der Waals surface area contributed by atoms with Gasteiger partial charge in [0.25, 0.3) is 0 Å². The third-order valence-electron chi connectivity index (χ3n) is 3.41. The third-order valence-corrected chi connectivity index (χ3v) is 3.41. The highest BCUT2D eigenvalue weighted by atomic mass is 16.2. The molecule has 0 saturated heterocycles. The molecule has 0 aliphatic rings. The van der Waals surface area contributed by atoms with Gasteiger partial charge in [-0.1, -0.05) is 0 Å². The molecule has 2 aromatic carbocycles. The molecule has 0 aliphatic heterocycles. The normalized spacial score (nSPS) is 10.0. The standard InChI is InChI=1S/C18H17N3O4/c1-11(22)13-3-7-15(8-4-13)20-17(24)18(25)21(12(2)23)16-9-5-14(19)6-10-16/h3-10H,19H2,1-2H3,(H,20,24). The van der Waals surface area contributed by atoms with E-state index in [-0.39, 0.29) is 11.5 Å². The van der Waals surface area contributed by atoms with Crippen molar-refractivity contribution in [3.63, 3.8) is 0 Å². The maximum atomic E-state index is 12.4. The molecule has 3 amide bonds. The van der Waals surface area contributed by atoms with Gasteiger partial charge in [0.1, 0.15) is 0 Å². The molecule has 0 heterocycles. The molecule has 0 saturated carbocycles. The second-order valence-electron chi connectivity index (χ2n) is 5.34. The number of hydrogen-bond acceptors (Lipinski definition) is 5. The molecule has 2 rings (SSSR count). The summed E-state index contributed by atoms with van der Waals surface area (Å²) in [7, 11) is 0. The number of nitrogens with one attached hydrogen (secondary N) is 1. The van der Waals surface area contributed by atoms with Gasteiger partial charge in [-0.2, -0.15) is 0 Å². The predicted octanol–water partition coefficient (Wildman–Crippen LogP) is 1.99. The smallest absolute Gasteiger partial charge is 0.323 e. The Bertz CT molecular complexity index is 826. The van der Waals surface area contributed by atoms with Gasteiger partial charge in [0.2, 0.25) is 5.91 Å². The maximum Gasteiger partial charge on any atom is 0.323 e. The highest BCUT2D eigenvalue weighted by molar-refractivity contribution is 6.48. The number of nitrogens with zero attached hydrogens (tertiary/aromatic N) is 1. The first-order valence-corrected chi connectivity index (χ1v) is 7.42. The molecule has 3 N–H and O–H groups in total. The molecule has 2 aromatic rings. The number of carbonyl (C=O) groups excluding carboxylic acids is 4. The van der Waals surface area contributed by atoms with E-state index < -0.39 is 17.7 Å². The molecule has 25 heavy (non-hydrogen) atoms. The van der Waals surface area contributed by atoms with E-state index in [4.69, 9.17) is 5.73 Å². The van der Waals surface area contributed by atoms with Crippen LogP contribution in [-0.2, 0) is 14.4 Å². The van der Waals surface area contributed by atoms with Crippen molar-refractivity contribution in [2.45, 2.75) is 13.8 Å². The molecule has 0 aliphatic carbocycles. The first-order chi connectivity index (χ1) is 11.8. The number of Topliss-reactive ketones (excluding diaryl/α,β-unsaturated/α-hetero) is 1. The first-order valence-electron chi connectivity index (χ1n) is 7.42. The van der Waals surface area contributed by atoms with Crippen LogP contribution in [0.3, 0.4) is 0 Å². The fourth-order valence-electron chi connectivity index (χ4n) is 2.14. The van der Waals surface area contributed by atoms with Crippen LogP contribution in [-0.4, -0.2) is 23.5 Å². The fraction of sp³-hybridized carbons (Fsp3) is 0.111. The highest BCUT2D eigenvalue weighted by Gasteiger charge is 2.26. The zero-order chi connectivity index (χ0) is 18.6. The Morgan fingerprint density at radius 2 is 1.44 bits per heavy atom. The number of imide groups is 1. The molecular formula is C18H17N3O4. The quantitative estimate of drug-likeness (QED) is 0.505. The van der Waals surface area contributed by atoms with E-state index in [2.05, 4.69) is 5.32 Å². The number of ketones is 1. The zero-order valence-electron chi connectivity index (χ0n) is 13.8. The molecule has 7 heteroatoms. The Hall–Kier alpha value is -3.48. The van der Waals surface area contributed by atoms with Crippen LogP contribution in [0.25, 0.3) is 0 Å². The average molecular weight is 339 g/mol. The SMILES string of the molecule is CC(=O)c1ccc(NC(=O)C(=O)N(C(C)=O)c2ccc(N)cc2)cc1. The average Bonchev–Trinajstić information content (AvgIpc) is 2.57. The van der Waals surface area contributed by atoms with Gasteiger partial charge in [-0.15, -0.1) is 0 Å². The molecule has 0 atom stereocenters. The predicted molar refractivity (Wildman–Crippen MR) is 94.1 cm³/mol. The summed E-state index contributed by atoms with van der Waals surface area (Å²) in [5.74, 6) is -2.70. The van der Waals surface area contributed by atoms with Gasteiger partial charge in [0.15, 0.2) is 5.78 Å². The van der Waals surface area contributed by atoms with Crippen LogP contribution in [0.1, 0.15) is 24.2 Å². The second-order valence-corrected chi connectivity index (χ2v) is 5.34. The summed E-state index contributed by atoms with van der Waals surface area (Å²) in [4.78, 5) is 48.3. The summed E-state index contributed by atoms with van der Waals surface area (Å²) in [6, 6.07) is 12.1. The van der Waals surface area contributed by atoms with Gasteiger partial charge in [-0.25, -0.2) is 4.90 Å². The molecule has 0 radical (unpaired) electrons. The summed E-state index contributed by atoms with van der Waals surface area (Å²) < 4.78 is 0. The van der Waals surface area contributed by atoms with Gasteiger partial charge in [0.05, 0.1) is 5.69 Å². The van der Waals surface area contributed by atoms with Crippen molar-refractivity contribution in [2.75, 3.05) is 16.0 Å². The topological polar surface area (TPSA) is 110 Å². The largest absolute Gasteiger partial charge is 0.399 e. The number of carbonyl (C=O) groups is 4. The van der Waals surface area contributed by atoms with E-state index in [0.29, 0.717) is 16.9 Å². The number of amides is 3. The molecule has 0 spiro atoms. The minimum absolute atomic E-state index is 0.111. The fourth-order valence-corrected chi connectivity index (χ4v) is 2.14. The van der Waals surface area contributed by atoms with Crippen LogP contribution in [0.5, 0.6) is 0 Å². The van der Waals surface area contributed by atoms with Crippen LogP contribution in [0, 0.1) is 0 Å². The van der Waals surface area contributed by atoms with Crippen LogP contribution < -0.4 is 16.0 Å². The molecule has 0 bridgehead atoms. The lowest BCUT2D eigenvalue weighted by molar-refractivity contribution is -0.136. The van der Waals surface area contributed by atoms with Crippen molar-refractivity contribution in [1.29, 1.82) is 0 Å². The highest BCUT2D eigenvalue weighted by Crippen LogP contribution is 2.18. The summed E-state index contributed by atoms with van der Waals surface area (Å²) >= 11 is 0. The van der Waals surface area contributed by atoms with E-state index in [9.17, 15) is 19.2 Å². The van der Waals surface area contributed by atoms with Crippen LogP contribution in [0.4, 0.5) is 17.1 Å². The number of benzene rings is 2. The molecule has 128 valence electrons. The van der Waals surface area contributed by atoms with Crippen molar-refractivity contribution in [3.05, 3.63) is 54.1 Å². The van der Waals surface area contributed by atoms with Gasteiger partial charge in [0, 0.05) is 23.9 Å². The van der Waals surface area contributed by atoms with Crippen LogP contribution in [0.15, 0.2) is 48.5 Å². The van der Waals surface area contributed by atoms with E-state index >= 15 is 0 Å². The number of hydrogen-bond donors (Lipinski definition) is 2. The summed E-state index contributed by atoms with van der Waals surface area (Å²) in [5.41, 5.74) is 7.11. The molecule has 0 aromatic heterocycles. The van der Waals surface area contributed by atoms with Crippen molar-refractivity contribution in [3.8, 4) is 0 Å². The Balaban J connectivity index is 2.18. The zero-order valence-corrected chi connectivity index (χ0v) is 13.8. The molecule has 0 fully saturated rings. The lowest BCUT2D eigenvalue weighted by atomic mass is 10.1. The van der Waals surface area contributed by atoms with E-state index in [1.54, 1.807) is 0 Å². The molecule has 7 nitrogen and oxygen atoms in total. The third kappa shape index (κ3) is 4.29. The monoisotopic (exact) mass is 339 g/mol. The Morgan fingerprint density at radius 1 is 0.880 bits per heavy atom. The summed E-state index contributed by atoms with van der Waals surface area (Å²) in [6.45, 7) is 2.61. The van der Waals surface area contributed by atoms with Gasteiger partial charge in [-0.05, 0) is 55.5 Å². The Morgan fingerprint density at radius 3 is 1.92 bits per heavy atom. The lowest BCUT2D eigenvalue weighted by Crippen LogP contribution is -2.42. The summed E-state index contributed by atoms with van der Waals surface area (Å²) in [5, 5.41) is 2.41. The number of nitrogen functional groups attached to an aromatic ring is 1. The summed E-state index contributed by atoms with van der Waals surface area (Å²) in [6.07, 6.45) is 0. The van der Waals surface area contributed by atoms with Crippen molar-refractivity contribution < 1.29 is 19.2 Å². The van der Waals surface area contributed by atoms with Crippen LogP contribution >= 0.6 is 0 Å². The Kier molecular flexibility index (Phi) is 5.28. The van der Waals surface area contributed by atoms with Gasteiger partial charge < -0.3 is 11.1 Å². The van der Waals surface area contributed by atoms with Gasteiger partial charge in [-0.3, -0.25) is 19.2 Å². The number of rotatable bonds is 3. The number of anilines is 3. The van der Waals surface area contributed by atoms with E-state index in [0.717, 1.165) is 4.90 Å². The maximum absolute atomic E-state index is 12.4. The minimum Gasteiger partial charge on any atom is -0.399 e. The van der Waals surface area contributed by atoms with Crippen molar-refractivity contribution in [1.82, 2.24) is 0 Å². The van der Waals surface area contributed by atoms with Crippen molar-refractivity contribution >= 4 is 40.6 Å². The van der Waals surface area contributed by atoms with Crippen LogP contribution in [0.2, 0.25) is 0 Å². The molecular weight excluding hydrogens is 322 g/mol. The van der Waals surface area contributed by atoms with Crippen molar-refractivity contribution in [2.24, 2.45) is 0 Å². The van der Waals surface area contributed by atoms with E-state index in [1.165, 1.54) is 62.4 Å². The number of nitrogens with two attached hydrogens (primary N) is 1. The van der Waals surface area contributed by atoms with Gasteiger partial charge >= 0.3 is 11.8 Å². The molecule has 0 unspecified atom stereocenters. The first kappa shape index (κ1) is 17.9. The lowest BCUT2D eigenvalue weighted by Gasteiger charge is -2.18. The van der Waals surface area contributed by atoms with E-state index in [1.807, 2.05) is 0 Å².